The van der Waals surface area contributed by atoms with Gasteiger partial charge in [-0.05, 0) is 6.07 Å². The molecule has 12 rings (SSSR count). The van der Waals surface area contributed by atoms with E-state index >= 15 is 0 Å². The summed E-state index contributed by atoms with van der Waals surface area (Å²) in [5, 5.41) is 5.19. The fraction of sp³-hybridized carbons (Fsp3) is 0. The Morgan fingerprint density at radius 1 is 0.474 bits per heavy atom. The standard InChI is InChI=1S/C52H33GeN3S/c1-4-17-34(18-5-1)49-48-41-26-10-13-28-43(41)53(36-20-6-2-7-21-36,37-22-8-3-9-23-37)51(48)55-52(54-49)35-19-16-24-38(33-35)56-44-29-14-11-27-42(44)47-45(56)32-31-40-39-25-12-15-30-46(39)57-50(40)47/h1-33H. The third kappa shape index (κ3) is 4.72. The number of fused-ring (bicyclic) bond motifs is 10. The van der Waals surface area contributed by atoms with Gasteiger partial charge in [-0.25, -0.2) is 0 Å². The molecular weight excluding hydrogens is 771 g/mol. The second kappa shape index (κ2) is 12.7. The summed E-state index contributed by atoms with van der Waals surface area (Å²) in [7, 11) is 0. The van der Waals surface area contributed by atoms with Crippen LogP contribution >= 0.6 is 11.3 Å². The molecule has 0 N–H and O–H groups in total. The van der Waals surface area contributed by atoms with Crippen molar-refractivity contribution in [1.29, 1.82) is 0 Å². The molecule has 0 bridgehead atoms. The Bertz CT molecular complexity index is 3310. The van der Waals surface area contributed by atoms with Crippen molar-refractivity contribution in [2.75, 3.05) is 0 Å². The Morgan fingerprint density at radius 2 is 1.12 bits per heavy atom. The van der Waals surface area contributed by atoms with Crippen LogP contribution in [0, 0.1) is 0 Å². The molecule has 1 aliphatic heterocycles. The van der Waals surface area contributed by atoms with E-state index in [2.05, 4.69) is 205 Å². The number of nitrogens with zero attached hydrogens (tertiary/aromatic N) is 3. The van der Waals surface area contributed by atoms with Crippen LogP contribution in [0.1, 0.15) is 0 Å². The van der Waals surface area contributed by atoms with Crippen LogP contribution in [0.15, 0.2) is 200 Å². The van der Waals surface area contributed by atoms with Crippen molar-refractivity contribution in [2.45, 2.75) is 0 Å². The van der Waals surface area contributed by atoms with E-state index in [-0.39, 0.29) is 0 Å². The van der Waals surface area contributed by atoms with Gasteiger partial charge >= 0.3 is 314 Å². The number of hydrogen-bond acceptors (Lipinski definition) is 3. The summed E-state index contributed by atoms with van der Waals surface area (Å²) < 4.78 is 10.4. The SMILES string of the molecule is c1ccc(-c2nc(-c3cccc(-n4c5ccccc5c5c6sc7ccccc7c6ccc54)c3)n[c]3c2-c2cccc[c]2[Ge]3([c]2ccccc2)[c]2ccccc2)cc1. The first-order valence-electron chi connectivity index (χ1n) is 19.4. The molecule has 0 unspecified atom stereocenters. The minimum atomic E-state index is -3.67. The topological polar surface area (TPSA) is 30.7 Å². The molecule has 0 saturated carbocycles. The second-order valence-electron chi connectivity index (χ2n) is 14.9. The third-order valence-electron chi connectivity index (χ3n) is 11.9. The van der Waals surface area contributed by atoms with Gasteiger partial charge in [0.05, 0.1) is 0 Å². The molecule has 3 aromatic heterocycles. The van der Waals surface area contributed by atoms with Gasteiger partial charge in [-0.2, -0.15) is 0 Å². The predicted octanol–water partition coefficient (Wildman–Crippen LogP) is 10.6. The van der Waals surface area contributed by atoms with E-state index in [4.69, 9.17) is 9.97 Å². The van der Waals surface area contributed by atoms with Crippen LogP contribution in [-0.2, 0) is 0 Å². The Hall–Kier alpha value is -6.60. The normalized spacial score (nSPS) is 13.1. The van der Waals surface area contributed by atoms with Crippen molar-refractivity contribution in [1.82, 2.24) is 14.5 Å². The molecular formula is C52H33GeN3S. The van der Waals surface area contributed by atoms with Crippen LogP contribution in [0.2, 0.25) is 0 Å². The van der Waals surface area contributed by atoms with Gasteiger partial charge in [0.2, 0.25) is 0 Å². The van der Waals surface area contributed by atoms with E-state index in [1.165, 1.54) is 70.8 Å². The molecule has 0 amide bonds. The zero-order valence-corrected chi connectivity index (χ0v) is 33.7. The van der Waals surface area contributed by atoms with Gasteiger partial charge in [-0.1, -0.05) is 18.2 Å². The maximum atomic E-state index is 5.81. The second-order valence-corrected chi connectivity index (χ2v) is 23.6. The van der Waals surface area contributed by atoms with Crippen molar-refractivity contribution in [3.8, 4) is 39.5 Å². The summed E-state index contributed by atoms with van der Waals surface area (Å²) in [5.41, 5.74) is 8.96. The van der Waals surface area contributed by atoms with E-state index in [9.17, 15) is 0 Å². The third-order valence-corrected chi connectivity index (χ3v) is 23.0. The summed E-state index contributed by atoms with van der Waals surface area (Å²) in [5.74, 6) is 0.747. The first-order valence-corrected chi connectivity index (χ1v) is 24.4. The molecule has 0 spiro atoms. The molecule has 11 aromatic rings. The Kier molecular flexibility index (Phi) is 7.28. The number of benzene rings is 8. The summed E-state index contributed by atoms with van der Waals surface area (Å²) in [6.07, 6.45) is 0. The fourth-order valence-corrected chi connectivity index (χ4v) is 21.3. The summed E-state index contributed by atoms with van der Waals surface area (Å²) in [4.78, 5) is 11.4. The molecule has 0 radical (unpaired) electrons. The average Bonchev–Trinajstić information content (AvgIpc) is 3.93. The van der Waals surface area contributed by atoms with E-state index < -0.39 is 13.3 Å². The molecule has 57 heavy (non-hydrogen) atoms. The first-order chi connectivity index (χ1) is 28.3. The minimum absolute atomic E-state index is 0.747. The Balaban J connectivity index is 1.14. The van der Waals surface area contributed by atoms with Crippen molar-refractivity contribution in [3.05, 3.63) is 200 Å². The van der Waals surface area contributed by atoms with Gasteiger partial charge < -0.3 is 0 Å². The van der Waals surface area contributed by atoms with Crippen LogP contribution in [-0.4, -0.2) is 27.8 Å². The van der Waals surface area contributed by atoms with Crippen molar-refractivity contribution >= 4 is 84.3 Å². The van der Waals surface area contributed by atoms with Crippen molar-refractivity contribution in [3.63, 3.8) is 0 Å². The molecule has 266 valence electrons. The predicted molar refractivity (Wildman–Crippen MR) is 243 cm³/mol. The molecule has 5 heteroatoms. The zero-order valence-electron chi connectivity index (χ0n) is 30.8. The van der Waals surface area contributed by atoms with Crippen LogP contribution in [0.25, 0.3) is 81.4 Å². The number of thiophene rings is 1. The Morgan fingerprint density at radius 3 is 1.91 bits per heavy atom. The molecule has 4 heterocycles. The van der Waals surface area contributed by atoms with E-state index in [0.717, 1.165) is 28.3 Å². The van der Waals surface area contributed by atoms with Gasteiger partial charge in [-0.15, -0.1) is 0 Å². The number of para-hydroxylation sites is 1. The number of rotatable bonds is 5. The van der Waals surface area contributed by atoms with E-state index in [0.29, 0.717) is 0 Å². The average molecular weight is 805 g/mol. The van der Waals surface area contributed by atoms with Gasteiger partial charge in [-0.3, -0.25) is 0 Å². The van der Waals surface area contributed by atoms with Gasteiger partial charge in [0.15, 0.2) is 0 Å². The zero-order chi connectivity index (χ0) is 37.5. The molecule has 8 aromatic carbocycles. The van der Waals surface area contributed by atoms with Crippen LogP contribution in [0.5, 0.6) is 0 Å². The van der Waals surface area contributed by atoms with Gasteiger partial charge in [0, 0.05) is 0 Å². The number of aromatic nitrogens is 3. The molecule has 0 atom stereocenters. The fourth-order valence-electron chi connectivity index (χ4n) is 9.50. The van der Waals surface area contributed by atoms with Crippen molar-refractivity contribution in [2.24, 2.45) is 0 Å². The van der Waals surface area contributed by atoms with Gasteiger partial charge in [0.1, 0.15) is 0 Å². The molecule has 0 saturated heterocycles. The van der Waals surface area contributed by atoms with Gasteiger partial charge in [0.25, 0.3) is 0 Å². The molecule has 0 aliphatic carbocycles. The quantitative estimate of drug-likeness (QED) is 0.162. The Labute approximate surface area is 336 Å². The molecule has 3 nitrogen and oxygen atoms in total. The van der Waals surface area contributed by atoms with Crippen LogP contribution < -0.4 is 17.7 Å². The summed E-state index contributed by atoms with van der Waals surface area (Å²) >= 11 is -1.78. The maximum absolute atomic E-state index is 5.81. The first kappa shape index (κ1) is 32.6. The molecule has 0 fully saturated rings. The monoisotopic (exact) mass is 805 g/mol. The summed E-state index contributed by atoms with van der Waals surface area (Å²) in [6, 6.07) is 73.1. The van der Waals surface area contributed by atoms with Crippen LogP contribution in [0.4, 0.5) is 0 Å². The van der Waals surface area contributed by atoms with Crippen molar-refractivity contribution < 1.29 is 0 Å². The number of hydrogen-bond donors (Lipinski definition) is 0. The molecule has 1 aliphatic rings. The van der Waals surface area contributed by atoms with E-state index in [1.54, 1.807) is 0 Å². The van der Waals surface area contributed by atoms with E-state index in [1.807, 2.05) is 11.3 Å². The summed E-state index contributed by atoms with van der Waals surface area (Å²) in [6.45, 7) is 0. The van der Waals surface area contributed by atoms with Crippen LogP contribution in [0.3, 0.4) is 0 Å².